The second kappa shape index (κ2) is 6.55. The first kappa shape index (κ1) is 15.1. The van der Waals surface area contributed by atoms with E-state index in [1.165, 1.54) is 29.5 Å². The summed E-state index contributed by atoms with van der Waals surface area (Å²) < 4.78 is 14.9. The van der Waals surface area contributed by atoms with Gasteiger partial charge in [-0.15, -0.1) is 11.3 Å². The molecule has 21 heavy (non-hydrogen) atoms. The number of benzene rings is 1. The molecule has 0 radical (unpaired) electrons. The van der Waals surface area contributed by atoms with E-state index in [9.17, 15) is 4.39 Å². The number of fused-ring (bicyclic) bond motifs is 1. The second-order valence-corrected chi connectivity index (χ2v) is 7.35. The predicted molar refractivity (Wildman–Crippen MR) is 89.4 cm³/mol. The van der Waals surface area contributed by atoms with Gasteiger partial charge in [-0.2, -0.15) is 0 Å². The largest absolute Gasteiger partial charge is 0.316 e. The van der Waals surface area contributed by atoms with E-state index in [0.29, 0.717) is 11.5 Å². The number of hydrogen-bond donors (Lipinski definition) is 1. The molecule has 1 heterocycles. The van der Waals surface area contributed by atoms with Gasteiger partial charge in [-0.1, -0.05) is 22.9 Å². The zero-order valence-corrected chi connectivity index (χ0v) is 14.4. The van der Waals surface area contributed by atoms with Crippen LogP contribution in [0.4, 0.5) is 4.39 Å². The SMILES string of the molecule is CCNCC1CCCc2sc(-c3ccc(Br)cc3F)nc21. The first-order chi connectivity index (χ1) is 10.2. The number of hydrogen-bond acceptors (Lipinski definition) is 3. The van der Waals surface area contributed by atoms with Crippen LogP contribution in [0.5, 0.6) is 0 Å². The lowest BCUT2D eigenvalue weighted by molar-refractivity contribution is 0.509. The van der Waals surface area contributed by atoms with Gasteiger partial charge in [0, 0.05) is 27.4 Å². The van der Waals surface area contributed by atoms with E-state index in [1.54, 1.807) is 11.3 Å². The van der Waals surface area contributed by atoms with Crippen LogP contribution in [-0.4, -0.2) is 18.1 Å². The Morgan fingerprint density at radius 1 is 1.48 bits per heavy atom. The van der Waals surface area contributed by atoms with E-state index >= 15 is 0 Å². The van der Waals surface area contributed by atoms with E-state index in [4.69, 9.17) is 4.98 Å². The molecular formula is C16H18BrFN2S. The summed E-state index contributed by atoms with van der Waals surface area (Å²) in [6, 6.07) is 5.18. The molecule has 3 rings (SSSR count). The van der Waals surface area contributed by atoms with Crippen molar-refractivity contribution in [1.82, 2.24) is 10.3 Å². The smallest absolute Gasteiger partial charge is 0.134 e. The van der Waals surface area contributed by atoms with Crippen molar-refractivity contribution in [2.75, 3.05) is 13.1 Å². The molecule has 1 atom stereocenters. The molecule has 112 valence electrons. The number of halogens is 2. The van der Waals surface area contributed by atoms with Crippen molar-refractivity contribution in [3.8, 4) is 10.6 Å². The molecule has 1 N–H and O–H groups in total. The predicted octanol–water partition coefficient (Wildman–Crippen LogP) is 4.74. The highest BCUT2D eigenvalue weighted by Crippen LogP contribution is 2.38. The third kappa shape index (κ3) is 3.20. The third-order valence-electron chi connectivity index (χ3n) is 3.87. The Morgan fingerprint density at radius 2 is 2.33 bits per heavy atom. The molecule has 1 aliphatic carbocycles. The van der Waals surface area contributed by atoms with Gasteiger partial charge >= 0.3 is 0 Å². The lowest BCUT2D eigenvalue weighted by atomic mass is 9.91. The number of likely N-dealkylation sites (N-methyl/N-ethyl adjacent to an activating group) is 1. The molecular weight excluding hydrogens is 351 g/mol. The molecule has 2 aromatic rings. The van der Waals surface area contributed by atoms with Gasteiger partial charge in [-0.05, 0) is 44.0 Å². The second-order valence-electron chi connectivity index (χ2n) is 5.35. The molecule has 0 spiro atoms. The van der Waals surface area contributed by atoms with Crippen molar-refractivity contribution < 1.29 is 4.39 Å². The summed E-state index contributed by atoms with van der Waals surface area (Å²) in [5, 5.41) is 4.22. The van der Waals surface area contributed by atoms with Gasteiger partial charge < -0.3 is 5.32 Å². The van der Waals surface area contributed by atoms with Crippen molar-refractivity contribution >= 4 is 27.3 Å². The van der Waals surface area contributed by atoms with Crippen LogP contribution >= 0.6 is 27.3 Å². The van der Waals surface area contributed by atoms with Crippen LogP contribution in [-0.2, 0) is 6.42 Å². The van der Waals surface area contributed by atoms with Crippen molar-refractivity contribution in [3.63, 3.8) is 0 Å². The Balaban J connectivity index is 1.94. The molecule has 0 saturated carbocycles. The Morgan fingerprint density at radius 3 is 3.10 bits per heavy atom. The third-order valence-corrected chi connectivity index (χ3v) is 5.53. The molecule has 0 amide bonds. The molecule has 0 aliphatic heterocycles. The van der Waals surface area contributed by atoms with Crippen molar-refractivity contribution in [3.05, 3.63) is 39.1 Å². The fourth-order valence-corrected chi connectivity index (χ4v) is 4.35. The molecule has 2 nitrogen and oxygen atoms in total. The molecule has 0 saturated heterocycles. The minimum Gasteiger partial charge on any atom is -0.316 e. The zero-order chi connectivity index (χ0) is 14.8. The van der Waals surface area contributed by atoms with Crippen molar-refractivity contribution in [2.45, 2.75) is 32.1 Å². The van der Waals surface area contributed by atoms with Gasteiger partial charge in [0.05, 0.1) is 5.69 Å². The summed E-state index contributed by atoms with van der Waals surface area (Å²) in [7, 11) is 0. The van der Waals surface area contributed by atoms with E-state index in [0.717, 1.165) is 29.0 Å². The molecule has 1 unspecified atom stereocenters. The summed E-state index contributed by atoms with van der Waals surface area (Å²) in [6.45, 7) is 4.06. The average molecular weight is 369 g/mol. The van der Waals surface area contributed by atoms with Gasteiger partial charge in [-0.25, -0.2) is 9.37 Å². The Kier molecular flexibility index (Phi) is 4.72. The van der Waals surface area contributed by atoms with Crippen LogP contribution in [0.15, 0.2) is 22.7 Å². The maximum atomic E-state index is 14.1. The fourth-order valence-electron chi connectivity index (χ4n) is 2.80. The summed E-state index contributed by atoms with van der Waals surface area (Å²) in [6.07, 6.45) is 3.45. The fraction of sp³-hybridized carbons (Fsp3) is 0.438. The Labute approximate surface area is 136 Å². The lowest BCUT2D eigenvalue weighted by Crippen LogP contribution is -2.23. The van der Waals surface area contributed by atoms with Crippen LogP contribution in [0.25, 0.3) is 10.6 Å². The van der Waals surface area contributed by atoms with E-state index in [2.05, 4.69) is 28.2 Å². The number of aromatic nitrogens is 1. The first-order valence-corrected chi connectivity index (χ1v) is 8.95. The summed E-state index contributed by atoms with van der Waals surface area (Å²) in [4.78, 5) is 6.10. The van der Waals surface area contributed by atoms with Gasteiger partial charge in [0.25, 0.3) is 0 Å². The summed E-state index contributed by atoms with van der Waals surface area (Å²) in [5.41, 5.74) is 1.80. The van der Waals surface area contributed by atoms with Crippen molar-refractivity contribution in [2.24, 2.45) is 0 Å². The maximum absolute atomic E-state index is 14.1. The number of rotatable bonds is 4. The Bertz CT molecular complexity index is 641. The molecule has 1 aliphatic rings. The monoisotopic (exact) mass is 368 g/mol. The van der Waals surface area contributed by atoms with Crippen LogP contribution < -0.4 is 5.32 Å². The highest BCUT2D eigenvalue weighted by atomic mass is 79.9. The maximum Gasteiger partial charge on any atom is 0.134 e. The molecule has 0 bridgehead atoms. The highest BCUT2D eigenvalue weighted by molar-refractivity contribution is 9.10. The number of nitrogens with one attached hydrogen (secondary N) is 1. The van der Waals surface area contributed by atoms with Gasteiger partial charge in [0.1, 0.15) is 10.8 Å². The van der Waals surface area contributed by atoms with Gasteiger partial charge in [-0.3, -0.25) is 0 Å². The molecule has 1 aromatic carbocycles. The lowest BCUT2D eigenvalue weighted by Gasteiger charge is -2.21. The first-order valence-electron chi connectivity index (χ1n) is 7.34. The Hall–Kier alpha value is -0.780. The van der Waals surface area contributed by atoms with Crippen molar-refractivity contribution in [1.29, 1.82) is 0 Å². The average Bonchev–Trinajstić information content (AvgIpc) is 2.89. The standard InChI is InChI=1S/C16H18BrFN2S/c1-2-19-9-10-4-3-5-14-15(10)20-16(21-14)12-7-6-11(17)8-13(12)18/h6-8,10,19H,2-5,9H2,1H3. The van der Waals surface area contributed by atoms with Crippen LogP contribution in [0.2, 0.25) is 0 Å². The minimum absolute atomic E-state index is 0.210. The highest BCUT2D eigenvalue weighted by Gasteiger charge is 2.25. The minimum atomic E-state index is -0.210. The van der Waals surface area contributed by atoms with Gasteiger partial charge in [0.2, 0.25) is 0 Å². The quantitative estimate of drug-likeness (QED) is 0.842. The molecule has 1 aromatic heterocycles. The number of aryl methyl sites for hydroxylation is 1. The van der Waals surface area contributed by atoms with E-state index < -0.39 is 0 Å². The molecule has 0 fully saturated rings. The van der Waals surface area contributed by atoms with E-state index in [1.807, 2.05) is 12.1 Å². The number of nitrogens with zero attached hydrogens (tertiary/aromatic N) is 1. The van der Waals surface area contributed by atoms with Crippen LogP contribution in [0.3, 0.4) is 0 Å². The van der Waals surface area contributed by atoms with Crippen LogP contribution in [0, 0.1) is 5.82 Å². The molecule has 5 heteroatoms. The number of thiazole rings is 1. The van der Waals surface area contributed by atoms with Gasteiger partial charge in [0.15, 0.2) is 0 Å². The van der Waals surface area contributed by atoms with E-state index in [-0.39, 0.29) is 5.82 Å². The normalized spacial score (nSPS) is 17.8. The topological polar surface area (TPSA) is 24.9 Å². The zero-order valence-electron chi connectivity index (χ0n) is 12.0. The summed E-state index contributed by atoms with van der Waals surface area (Å²) >= 11 is 4.95. The van der Waals surface area contributed by atoms with Crippen LogP contribution in [0.1, 0.15) is 36.3 Å². The summed E-state index contributed by atoms with van der Waals surface area (Å²) in [5.74, 6) is 0.260.